The van der Waals surface area contributed by atoms with Crippen LogP contribution in [-0.2, 0) is 16.3 Å². The van der Waals surface area contributed by atoms with Gasteiger partial charge in [-0.15, -0.1) is 0 Å². The molecule has 3 aromatic rings. The zero-order chi connectivity index (χ0) is 33.4. The van der Waals surface area contributed by atoms with Gasteiger partial charge in [-0.3, -0.25) is 5.14 Å². The van der Waals surface area contributed by atoms with Gasteiger partial charge in [-0.1, -0.05) is 12.0 Å². The Kier molecular flexibility index (Phi) is 9.61. The average molecular weight is 662 g/mol. The fraction of sp³-hybridized carbons (Fsp3) is 0.370. The number of nitrogens with one attached hydrogen (secondary N) is 2. The molecule has 45 heavy (non-hydrogen) atoms. The number of aromatic nitrogens is 1. The predicted molar refractivity (Wildman–Crippen MR) is 155 cm³/mol. The lowest BCUT2D eigenvalue weighted by Gasteiger charge is -2.38. The summed E-state index contributed by atoms with van der Waals surface area (Å²) in [6.45, 7) is -2.21. The highest BCUT2D eigenvalue weighted by atomic mass is 32.2. The maximum absolute atomic E-state index is 14.9. The summed E-state index contributed by atoms with van der Waals surface area (Å²) in [6, 6.07) is 8.63. The Hall–Kier alpha value is -3.64. The largest absolute Gasteiger partial charge is 0.453 e. The van der Waals surface area contributed by atoms with Crippen molar-refractivity contribution >= 4 is 37.9 Å². The number of alkyl halides is 4. The van der Waals surface area contributed by atoms with Gasteiger partial charge in [0, 0.05) is 29.1 Å². The number of anilines is 2. The summed E-state index contributed by atoms with van der Waals surface area (Å²) < 4.78 is 73.2. The van der Waals surface area contributed by atoms with Crippen molar-refractivity contribution < 1.29 is 57.1 Å². The fourth-order valence-electron chi connectivity index (χ4n) is 4.77. The van der Waals surface area contributed by atoms with E-state index in [9.17, 15) is 52.4 Å². The van der Waals surface area contributed by atoms with Crippen LogP contribution in [0.25, 0.3) is 10.9 Å². The summed E-state index contributed by atoms with van der Waals surface area (Å²) in [5.74, 6) is 8.22. The van der Waals surface area contributed by atoms with Crippen LogP contribution >= 0.6 is 0 Å². The second kappa shape index (κ2) is 12.6. The third-order valence-corrected chi connectivity index (χ3v) is 7.82. The van der Waals surface area contributed by atoms with Crippen molar-refractivity contribution in [2.24, 2.45) is 5.14 Å². The number of rotatable bonds is 9. The monoisotopic (exact) mass is 661 g/mol. The Morgan fingerprint density at radius 2 is 1.80 bits per heavy atom. The van der Waals surface area contributed by atoms with Crippen molar-refractivity contribution in [2.75, 3.05) is 30.3 Å². The van der Waals surface area contributed by atoms with Gasteiger partial charge in [-0.2, -0.15) is 13.2 Å². The van der Waals surface area contributed by atoms with E-state index in [1.807, 2.05) is 0 Å². The van der Waals surface area contributed by atoms with Crippen LogP contribution in [0.2, 0.25) is 0 Å². The lowest BCUT2D eigenvalue weighted by Crippen LogP contribution is -2.57. The van der Waals surface area contributed by atoms with Gasteiger partial charge in [-0.25, -0.2) is 13.5 Å². The van der Waals surface area contributed by atoms with Gasteiger partial charge in [-0.05, 0) is 54.6 Å². The standard InChI is InChI=1S/C27H31F4N5O8S/c1-45(32,43)17-7-8-22(24(13-17)44-27(40,41)42)33-10-3-4-16-12-18-20(5-2-6-23(18)36(16)15-25(29,30)31)34-21-9-11-35(14-19(21)28)26(37,38)39/h2,5-8,12-13,19,21,33-34,37-42H,1,9-11,14-15H2,(H2,32,43). The number of halogens is 4. The van der Waals surface area contributed by atoms with E-state index in [0.717, 1.165) is 15.5 Å². The Bertz CT molecular complexity index is 1710. The van der Waals surface area contributed by atoms with Crippen LogP contribution in [0, 0.1) is 11.8 Å². The Labute approximate surface area is 254 Å². The van der Waals surface area contributed by atoms with Gasteiger partial charge < -0.3 is 50.6 Å². The average Bonchev–Trinajstić information content (AvgIpc) is 3.23. The van der Waals surface area contributed by atoms with Crippen molar-refractivity contribution in [3.63, 3.8) is 0 Å². The molecule has 0 radical (unpaired) electrons. The molecule has 1 aliphatic heterocycles. The van der Waals surface area contributed by atoms with Gasteiger partial charge in [0.25, 0.3) is 0 Å². The molecule has 3 unspecified atom stereocenters. The van der Waals surface area contributed by atoms with Crippen LogP contribution < -0.4 is 20.5 Å². The van der Waals surface area contributed by atoms with Gasteiger partial charge >= 0.3 is 18.4 Å². The molecule has 0 bridgehead atoms. The highest BCUT2D eigenvalue weighted by Gasteiger charge is 2.38. The molecule has 0 amide bonds. The summed E-state index contributed by atoms with van der Waals surface area (Å²) in [4.78, 5) is 0.680. The van der Waals surface area contributed by atoms with Crippen molar-refractivity contribution in [1.82, 2.24) is 9.47 Å². The van der Waals surface area contributed by atoms with E-state index in [1.54, 1.807) is 6.07 Å². The highest BCUT2D eigenvalue weighted by Crippen LogP contribution is 2.32. The smallest absolute Gasteiger partial charge is 0.415 e. The third-order valence-electron chi connectivity index (χ3n) is 6.77. The second-order valence-electron chi connectivity index (χ2n) is 10.3. The molecule has 1 saturated heterocycles. The van der Waals surface area contributed by atoms with Crippen LogP contribution in [0.5, 0.6) is 5.75 Å². The Morgan fingerprint density at radius 1 is 1.09 bits per heavy atom. The molecule has 1 aromatic heterocycles. The van der Waals surface area contributed by atoms with Crippen LogP contribution in [0.4, 0.5) is 28.9 Å². The van der Waals surface area contributed by atoms with E-state index in [1.165, 1.54) is 30.3 Å². The van der Waals surface area contributed by atoms with Crippen molar-refractivity contribution in [2.45, 2.75) is 48.5 Å². The summed E-state index contributed by atoms with van der Waals surface area (Å²) in [6.07, 6.45) is -13.0. The number of hydrogen-bond donors (Lipinski definition) is 9. The number of likely N-dealkylation sites (tertiary alicyclic amines) is 1. The first-order valence-corrected chi connectivity index (χ1v) is 14.9. The number of piperidine rings is 1. The van der Waals surface area contributed by atoms with Crippen molar-refractivity contribution in [1.29, 1.82) is 0 Å². The van der Waals surface area contributed by atoms with E-state index < -0.39 is 59.2 Å². The normalized spacial score (nSPS) is 19.4. The number of benzene rings is 2. The van der Waals surface area contributed by atoms with Gasteiger partial charge in [0.05, 0.1) is 39.2 Å². The van der Waals surface area contributed by atoms with E-state index in [0.29, 0.717) is 11.1 Å². The number of fused-ring (bicyclic) bond motifs is 1. The molecule has 1 aliphatic rings. The summed E-state index contributed by atoms with van der Waals surface area (Å²) >= 11 is 0. The molecule has 4 rings (SSSR count). The summed E-state index contributed by atoms with van der Waals surface area (Å²) in [5.41, 5.74) is 0.441. The number of nitrogens with two attached hydrogens (primary N) is 1. The molecule has 10 N–H and O–H groups in total. The lowest BCUT2D eigenvalue weighted by molar-refractivity contribution is -0.419. The maximum Gasteiger partial charge on any atom is 0.453 e. The molecule has 2 heterocycles. The minimum atomic E-state index is -4.62. The van der Waals surface area contributed by atoms with Gasteiger partial charge in [0.15, 0.2) is 5.75 Å². The van der Waals surface area contributed by atoms with Crippen molar-refractivity contribution in [3.05, 3.63) is 48.2 Å². The molecule has 0 saturated carbocycles. The van der Waals surface area contributed by atoms with E-state index in [2.05, 4.69) is 33.1 Å². The Balaban J connectivity index is 1.61. The third kappa shape index (κ3) is 8.97. The topological polar surface area (TPSA) is 206 Å². The predicted octanol–water partition coefficient (Wildman–Crippen LogP) is -0.00430. The van der Waals surface area contributed by atoms with Crippen LogP contribution in [0.1, 0.15) is 12.1 Å². The molecule has 18 heteroatoms. The van der Waals surface area contributed by atoms with Crippen LogP contribution in [-0.4, -0.2) is 100 Å². The summed E-state index contributed by atoms with van der Waals surface area (Å²) in [7, 11) is -3.25. The number of nitrogens with zero attached hydrogens (tertiary/aromatic N) is 2. The number of aliphatic hydroxyl groups is 6. The molecule has 3 atom stereocenters. The number of hydrogen-bond acceptors (Lipinski definition) is 11. The first-order valence-electron chi connectivity index (χ1n) is 13.1. The molecule has 0 aliphatic carbocycles. The minimum Gasteiger partial charge on any atom is -0.415 e. The van der Waals surface area contributed by atoms with E-state index >= 15 is 0 Å². The molecule has 13 nitrogen and oxygen atoms in total. The first-order chi connectivity index (χ1) is 20.7. The van der Waals surface area contributed by atoms with Gasteiger partial charge in [0.2, 0.25) is 0 Å². The van der Waals surface area contributed by atoms with Gasteiger partial charge in [0.1, 0.15) is 12.7 Å². The molecular weight excluding hydrogens is 630 g/mol. The highest BCUT2D eigenvalue weighted by molar-refractivity contribution is 7.98. The molecule has 2 aromatic carbocycles. The molecule has 246 valence electrons. The second-order valence-corrected chi connectivity index (χ2v) is 12.2. The van der Waals surface area contributed by atoms with Crippen LogP contribution in [0.3, 0.4) is 0 Å². The minimum absolute atomic E-state index is 0.0215. The Morgan fingerprint density at radius 3 is 2.40 bits per heavy atom. The maximum atomic E-state index is 14.9. The zero-order valence-corrected chi connectivity index (χ0v) is 24.1. The van der Waals surface area contributed by atoms with E-state index in [-0.39, 0.29) is 41.3 Å². The van der Waals surface area contributed by atoms with E-state index in [4.69, 9.17) is 5.14 Å². The zero-order valence-electron chi connectivity index (χ0n) is 23.3. The SMILES string of the molecule is C=S(N)(=O)c1ccc(NCC#Cc2cc3c(NC4CCN(C(O)(O)O)CC4F)cccc3n2CC(F)(F)F)c(OC(O)(O)O)c1. The lowest BCUT2D eigenvalue weighted by atomic mass is 10.0. The number of ether oxygens (including phenoxy) is 1. The van der Waals surface area contributed by atoms with Crippen LogP contribution in [0.15, 0.2) is 47.4 Å². The molecular formula is C27H31F4N5O8S. The van der Waals surface area contributed by atoms with Crippen molar-refractivity contribution in [3.8, 4) is 17.6 Å². The quantitative estimate of drug-likeness (QED) is 0.0646. The fourth-order valence-corrected chi connectivity index (χ4v) is 5.38. The molecule has 0 spiro atoms. The summed E-state index contributed by atoms with van der Waals surface area (Å²) in [5, 5.41) is 67.3. The first kappa shape index (κ1) is 34.2. The molecule has 1 fully saturated rings.